The molecule has 8 heteroatoms. The van der Waals surface area contributed by atoms with Crippen molar-refractivity contribution in [1.29, 1.82) is 0 Å². The van der Waals surface area contributed by atoms with E-state index in [1.165, 1.54) is 10.6 Å². The summed E-state index contributed by atoms with van der Waals surface area (Å²) in [6.45, 7) is 4.84. The van der Waals surface area contributed by atoms with E-state index in [9.17, 15) is 0 Å². The van der Waals surface area contributed by atoms with Gasteiger partial charge in [0.25, 0.3) is 0 Å². The molecule has 140 valence electrons. The van der Waals surface area contributed by atoms with E-state index in [0.717, 1.165) is 54.0 Å². The molecule has 27 heavy (non-hydrogen) atoms. The molecular weight excluding hydrogens is 380 g/mol. The molecule has 1 saturated heterocycles. The molecule has 4 rings (SSSR count). The van der Waals surface area contributed by atoms with E-state index in [4.69, 9.17) is 28.9 Å². The van der Waals surface area contributed by atoms with E-state index in [-0.39, 0.29) is 0 Å². The van der Waals surface area contributed by atoms with Gasteiger partial charge in [0.1, 0.15) is 0 Å². The summed E-state index contributed by atoms with van der Waals surface area (Å²) in [5.41, 5.74) is 2.22. The highest BCUT2D eigenvalue weighted by Gasteiger charge is 2.22. The van der Waals surface area contributed by atoms with Crippen LogP contribution >= 0.6 is 23.8 Å². The summed E-state index contributed by atoms with van der Waals surface area (Å²) in [6.07, 6.45) is 3.55. The lowest BCUT2D eigenvalue weighted by atomic mass is 10.2. The van der Waals surface area contributed by atoms with Gasteiger partial charge < -0.3 is 14.4 Å². The fourth-order valence-electron chi connectivity index (χ4n) is 3.47. The molecule has 2 aromatic heterocycles. The van der Waals surface area contributed by atoms with Gasteiger partial charge >= 0.3 is 0 Å². The van der Waals surface area contributed by atoms with Gasteiger partial charge in [0.05, 0.1) is 26.2 Å². The summed E-state index contributed by atoms with van der Waals surface area (Å²) in [5, 5.41) is 5.54. The number of benzene rings is 1. The van der Waals surface area contributed by atoms with Gasteiger partial charge in [-0.15, -0.1) is 5.10 Å². The zero-order valence-electron chi connectivity index (χ0n) is 15.2. The molecule has 0 unspecified atom stereocenters. The summed E-state index contributed by atoms with van der Waals surface area (Å²) < 4.78 is 4.65. The van der Waals surface area contributed by atoms with Crippen molar-refractivity contribution in [2.45, 2.75) is 6.67 Å². The summed E-state index contributed by atoms with van der Waals surface area (Å²) in [5.74, 6) is 0.874. The largest absolute Gasteiger partial charge is 0.360 e. The first-order chi connectivity index (χ1) is 13.1. The van der Waals surface area contributed by atoms with Crippen LogP contribution in [-0.2, 0) is 13.7 Å². The maximum atomic E-state index is 6.12. The zero-order chi connectivity index (χ0) is 18.8. The standard InChI is InChI=1S/C19H21ClN6S/c1-23-18(15-5-7-21-8-6-15)22-26(19(23)27)14-24-9-11-25(12-10-24)17-4-2-3-16(20)13-17/h2-8,13H,9-12,14H2,1H3/p+1. The van der Waals surface area contributed by atoms with E-state index >= 15 is 0 Å². The zero-order valence-corrected chi connectivity index (χ0v) is 16.7. The number of aromatic nitrogens is 4. The average Bonchev–Trinajstić information content (AvgIpc) is 2.98. The summed E-state index contributed by atoms with van der Waals surface area (Å²) in [7, 11) is 1.97. The predicted molar refractivity (Wildman–Crippen MR) is 110 cm³/mol. The summed E-state index contributed by atoms with van der Waals surface area (Å²) in [6, 6.07) is 12.0. The van der Waals surface area contributed by atoms with Crippen LogP contribution in [0, 0.1) is 4.77 Å². The first kappa shape index (κ1) is 18.2. The van der Waals surface area contributed by atoms with Crippen molar-refractivity contribution in [3.8, 4) is 11.4 Å². The number of halogens is 1. The number of piperazine rings is 1. The molecule has 1 aliphatic heterocycles. The molecule has 6 nitrogen and oxygen atoms in total. The van der Waals surface area contributed by atoms with Crippen LogP contribution in [0.4, 0.5) is 5.69 Å². The lowest BCUT2D eigenvalue weighted by molar-refractivity contribution is -0.924. The van der Waals surface area contributed by atoms with Crippen LogP contribution < -0.4 is 9.80 Å². The number of nitrogens with one attached hydrogen (secondary N) is 1. The Kier molecular flexibility index (Phi) is 5.24. The van der Waals surface area contributed by atoms with Crippen LogP contribution in [0.2, 0.25) is 5.02 Å². The number of hydrogen-bond donors (Lipinski definition) is 1. The maximum Gasteiger partial charge on any atom is 0.202 e. The Balaban J connectivity index is 1.45. The minimum absolute atomic E-state index is 0.742. The van der Waals surface area contributed by atoms with Crippen LogP contribution in [0.1, 0.15) is 0 Å². The fourth-order valence-corrected chi connectivity index (χ4v) is 3.84. The van der Waals surface area contributed by atoms with Crippen molar-refractivity contribution in [1.82, 2.24) is 19.3 Å². The molecule has 0 saturated carbocycles. The van der Waals surface area contributed by atoms with E-state index in [2.05, 4.69) is 16.0 Å². The highest BCUT2D eigenvalue weighted by atomic mass is 35.5. The SMILES string of the molecule is Cn1c(-c2ccncc2)nn(C[NH+]2CCN(c3cccc(Cl)c3)CC2)c1=S. The van der Waals surface area contributed by atoms with Crippen LogP contribution in [0.25, 0.3) is 11.4 Å². The van der Waals surface area contributed by atoms with E-state index in [0.29, 0.717) is 0 Å². The minimum atomic E-state index is 0.742. The van der Waals surface area contributed by atoms with E-state index < -0.39 is 0 Å². The Morgan fingerprint density at radius 3 is 2.59 bits per heavy atom. The smallest absolute Gasteiger partial charge is 0.202 e. The molecule has 1 aliphatic rings. The number of pyridine rings is 1. The highest BCUT2D eigenvalue weighted by molar-refractivity contribution is 7.71. The Hall–Kier alpha value is -2.22. The third kappa shape index (κ3) is 3.90. The van der Waals surface area contributed by atoms with Gasteiger partial charge in [-0.1, -0.05) is 17.7 Å². The lowest BCUT2D eigenvalue weighted by Crippen LogP contribution is -3.14. The Bertz CT molecular complexity index is 975. The second-order valence-corrected chi connectivity index (χ2v) is 7.58. The van der Waals surface area contributed by atoms with Gasteiger partial charge in [-0.25, -0.2) is 0 Å². The van der Waals surface area contributed by atoms with Crippen LogP contribution in [0.3, 0.4) is 0 Å². The second-order valence-electron chi connectivity index (χ2n) is 6.78. The molecule has 1 aromatic carbocycles. The first-order valence-corrected chi connectivity index (χ1v) is 9.79. The van der Waals surface area contributed by atoms with Crippen LogP contribution in [0.5, 0.6) is 0 Å². The lowest BCUT2D eigenvalue weighted by Gasteiger charge is -2.33. The molecular formula is C19H22ClN6S+. The quantitative estimate of drug-likeness (QED) is 0.679. The molecule has 3 heterocycles. The Morgan fingerprint density at radius 2 is 1.89 bits per heavy atom. The normalized spacial score (nSPS) is 15.3. The van der Waals surface area contributed by atoms with Crippen molar-refractivity contribution in [3.05, 3.63) is 58.6 Å². The predicted octanol–water partition coefficient (Wildman–Crippen LogP) is 2.03. The van der Waals surface area contributed by atoms with Gasteiger partial charge in [-0.05, 0) is 42.5 Å². The Morgan fingerprint density at radius 1 is 1.15 bits per heavy atom. The average molecular weight is 402 g/mol. The third-order valence-corrected chi connectivity index (χ3v) is 5.72. The van der Waals surface area contributed by atoms with E-state index in [1.54, 1.807) is 12.4 Å². The molecule has 3 aromatic rings. The molecule has 1 fully saturated rings. The van der Waals surface area contributed by atoms with E-state index in [1.807, 2.05) is 46.6 Å². The minimum Gasteiger partial charge on any atom is -0.360 e. The van der Waals surface area contributed by atoms with Gasteiger partial charge in [-0.2, -0.15) is 4.68 Å². The molecule has 0 amide bonds. The molecule has 0 atom stereocenters. The van der Waals surface area contributed by atoms with Gasteiger partial charge in [0.15, 0.2) is 12.5 Å². The van der Waals surface area contributed by atoms with Gasteiger partial charge in [-0.3, -0.25) is 4.98 Å². The molecule has 0 radical (unpaired) electrons. The van der Waals surface area contributed by atoms with Crippen molar-refractivity contribution in [3.63, 3.8) is 0 Å². The molecule has 1 N–H and O–H groups in total. The van der Waals surface area contributed by atoms with Crippen molar-refractivity contribution in [2.75, 3.05) is 31.1 Å². The second kappa shape index (κ2) is 7.80. The number of hydrogen-bond acceptors (Lipinski definition) is 4. The summed E-state index contributed by atoms with van der Waals surface area (Å²) in [4.78, 5) is 7.93. The third-order valence-electron chi connectivity index (χ3n) is 5.00. The van der Waals surface area contributed by atoms with Crippen LogP contribution in [0.15, 0.2) is 48.8 Å². The summed E-state index contributed by atoms with van der Waals surface area (Å²) >= 11 is 11.7. The monoisotopic (exact) mass is 401 g/mol. The van der Waals surface area contributed by atoms with Crippen molar-refractivity contribution < 1.29 is 4.90 Å². The number of anilines is 1. The van der Waals surface area contributed by atoms with Gasteiger partial charge in [0, 0.05) is 35.7 Å². The number of rotatable bonds is 4. The van der Waals surface area contributed by atoms with Gasteiger partial charge in [0.2, 0.25) is 4.77 Å². The molecule has 0 bridgehead atoms. The van der Waals surface area contributed by atoms with Crippen molar-refractivity contribution >= 4 is 29.5 Å². The molecule has 0 spiro atoms. The van der Waals surface area contributed by atoms with Crippen LogP contribution in [-0.4, -0.2) is 45.5 Å². The number of quaternary nitrogens is 1. The number of nitrogens with zero attached hydrogens (tertiary/aromatic N) is 5. The topological polar surface area (TPSA) is 43.3 Å². The first-order valence-electron chi connectivity index (χ1n) is 9.00. The maximum absolute atomic E-state index is 6.12. The highest BCUT2D eigenvalue weighted by Crippen LogP contribution is 2.19. The fraction of sp³-hybridized carbons (Fsp3) is 0.316. The Labute approximate surface area is 168 Å². The molecule has 0 aliphatic carbocycles. The van der Waals surface area contributed by atoms with Crippen molar-refractivity contribution in [2.24, 2.45) is 7.05 Å².